The van der Waals surface area contributed by atoms with Crippen LogP contribution in [0.25, 0.3) is 11.0 Å². The molecule has 1 fully saturated rings. The van der Waals surface area contributed by atoms with Gasteiger partial charge in [-0.15, -0.1) is 0 Å². The van der Waals surface area contributed by atoms with E-state index in [0.717, 1.165) is 42.5 Å². The van der Waals surface area contributed by atoms with E-state index in [1.165, 1.54) is 0 Å². The van der Waals surface area contributed by atoms with Gasteiger partial charge in [0.1, 0.15) is 12.4 Å². The van der Waals surface area contributed by atoms with Crippen molar-refractivity contribution in [3.63, 3.8) is 0 Å². The van der Waals surface area contributed by atoms with E-state index < -0.39 is 0 Å². The van der Waals surface area contributed by atoms with E-state index in [4.69, 9.17) is 0 Å². The largest absolute Gasteiger partial charge is 0.345 e. The molecule has 1 aliphatic heterocycles. The number of nitrogens with one attached hydrogen (secondary N) is 1. The first-order valence-electron chi connectivity index (χ1n) is 10.6. The van der Waals surface area contributed by atoms with Gasteiger partial charge in [-0.1, -0.05) is 36.8 Å². The number of aromatic nitrogens is 2. The standard InChI is InChI=1S/C24H28N4O2/c1-17-7-9-19(10-8-17)24(30)25-15-22-26-20-5-3-4-6-21(20)28(22)16-23(29)27-13-11-18(2)12-14-27/h3-10,18H,11-16H2,1-2H3,(H,25,30). The van der Waals surface area contributed by atoms with E-state index in [0.29, 0.717) is 17.3 Å². The number of carbonyl (C=O) groups is 2. The maximum atomic E-state index is 12.9. The van der Waals surface area contributed by atoms with Crippen molar-refractivity contribution in [3.8, 4) is 0 Å². The molecule has 0 saturated carbocycles. The normalized spacial score (nSPS) is 14.8. The van der Waals surface area contributed by atoms with Crippen molar-refractivity contribution in [1.29, 1.82) is 0 Å². The molecule has 30 heavy (non-hydrogen) atoms. The van der Waals surface area contributed by atoms with E-state index in [2.05, 4.69) is 17.2 Å². The third-order valence-corrected chi connectivity index (χ3v) is 5.88. The number of rotatable bonds is 5. The SMILES string of the molecule is Cc1ccc(C(=O)NCc2nc3ccccc3n2CC(=O)N2CCC(C)CC2)cc1. The fourth-order valence-electron chi connectivity index (χ4n) is 3.90. The average molecular weight is 405 g/mol. The molecule has 2 aromatic carbocycles. The molecule has 2 heterocycles. The summed E-state index contributed by atoms with van der Waals surface area (Å²) in [6.07, 6.45) is 2.10. The predicted octanol–water partition coefficient (Wildman–Crippen LogP) is 3.53. The summed E-state index contributed by atoms with van der Waals surface area (Å²) in [4.78, 5) is 32.1. The Balaban J connectivity index is 1.52. The fraction of sp³-hybridized carbons (Fsp3) is 0.375. The molecule has 0 spiro atoms. The topological polar surface area (TPSA) is 67.2 Å². The second-order valence-corrected chi connectivity index (χ2v) is 8.21. The van der Waals surface area contributed by atoms with Crippen LogP contribution in [0.3, 0.4) is 0 Å². The van der Waals surface area contributed by atoms with E-state index in [1.54, 1.807) is 0 Å². The van der Waals surface area contributed by atoms with Gasteiger partial charge in [0, 0.05) is 18.7 Å². The molecule has 1 aromatic heterocycles. The summed E-state index contributed by atoms with van der Waals surface area (Å²) in [7, 11) is 0. The summed E-state index contributed by atoms with van der Waals surface area (Å²) in [5.41, 5.74) is 3.47. The summed E-state index contributed by atoms with van der Waals surface area (Å²) in [5, 5.41) is 2.95. The van der Waals surface area contributed by atoms with Crippen molar-refractivity contribution in [2.45, 2.75) is 39.8 Å². The van der Waals surface area contributed by atoms with E-state index in [1.807, 2.05) is 64.9 Å². The first kappa shape index (κ1) is 20.1. The van der Waals surface area contributed by atoms with Gasteiger partial charge in [-0.2, -0.15) is 0 Å². The summed E-state index contributed by atoms with van der Waals surface area (Å²) >= 11 is 0. The third kappa shape index (κ3) is 4.37. The Morgan fingerprint density at radius 2 is 1.77 bits per heavy atom. The number of carbonyl (C=O) groups excluding carboxylic acids is 2. The van der Waals surface area contributed by atoms with E-state index >= 15 is 0 Å². The zero-order valence-corrected chi connectivity index (χ0v) is 17.6. The number of para-hydroxylation sites is 2. The van der Waals surface area contributed by atoms with Crippen LogP contribution in [0.1, 0.15) is 41.5 Å². The molecule has 1 saturated heterocycles. The van der Waals surface area contributed by atoms with Crippen molar-refractivity contribution in [2.75, 3.05) is 13.1 Å². The second kappa shape index (κ2) is 8.69. The van der Waals surface area contributed by atoms with Crippen molar-refractivity contribution in [3.05, 3.63) is 65.5 Å². The zero-order valence-electron chi connectivity index (χ0n) is 17.6. The molecular formula is C24H28N4O2. The van der Waals surface area contributed by atoms with Gasteiger partial charge in [0.2, 0.25) is 5.91 Å². The Hall–Kier alpha value is -3.15. The Morgan fingerprint density at radius 1 is 1.07 bits per heavy atom. The minimum Gasteiger partial charge on any atom is -0.345 e. The van der Waals surface area contributed by atoms with Crippen LogP contribution in [0.15, 0.2) is 48.5 Å². The number of hydrogen-bond donors (Lipinski definition) is 1. The molecule has 0 atom stereocenters. The number of fused-ring (bicyclic) bond motifs is 1. The number of piperidine rings is 1. The number of aryl methyl sites for hydroxylation is 1. The maximum absolute atomic E-state index is 12.9. The first-order valence-corrected chi connectivity index (χ1v) is 10.6. The smallest absolute Gasteiger partial charge is 0.251 e. The second-order valence-electron chi connectivity index (χ2n) is 8.21. The Labute approximate surface area is 176 Å². The molecule has 1 N–H and O–H groups in total. The van der Waals surface area contributed by atoms with Crippen LogP contribution in [-0.4, -0.2) is 39.4 Å². The number of hydrogen-bond acceptors (Lipinski definition) is 3. The van der Waals surface area contributed by atoms with Crippen LogP contribution >= 0.6 is 0 Å². The maximum Gasteiger partial charge on any atom is 0.251 e. The fourth-order valence-corrected chi connectivity index (χ4v) is 3.90. The summed E-state index contributed by atoms with van der Waals surface area (Å²) in [5.74, 6) is 1.33. The van der Waals surface area contributed by atoms with Gasteiger partial charge < -0.3 is 14.8 Å². The van der Waals surface area contributed by atoms with Gasteiger partial charge >= 0.3 is 0 Å². The van der Waals surface area contributed by atoms with Crippen molar-refractivity contribution >= 4 is 22.8 Å². The first-order chi connectivity index (χ1) is 14.5. The van der Waals surface area contributed by atoms with Crippen molar-refractivity contribution in [2.24, 2.45) is 5.92 Å². The van der Waals surface area contributed by atoms with Crippen molar-refractivity contribution < 1.29 is 9.59 Å². The minimum atomic E-state index is -0.148. The lowest BCUT2D eigenvalue weighted by Gasteiger charge is -2.30. The zero-order chi connectivity index (χ0) is 21.1. The summed E-state index contributed by atoms with van der Waals surface area (Å²) < 4.78 is 1.94. The molecule has 6 nitrogen and oxygen atoms in total. The minimum absolute atomic E-state index is 0.108. The van der Waals surface area contributed by atoms with Crippen LogP contribution in [0.4, 0.5) is 0 Å². The average Bonchev–Trinajstić information content (AvgIpc) is 3.10. The molecule has 0 unspecified atom stereocenters. The highest BCUT2D eigenvalue weighted by molar-refractivity contribution is 5.94. The van der Waals surface area contributed by atoms with Gasteiger partial charge in [-0.25, -0.2) is 4.98 Å². The molecule has 0 aliphatic carbocycles. The molecule has 2 amide bonds. The lowest BCUT2D eigenvalue weighted by atomic mass is 9.99. The summed E-state index contributed by atoms with van der Waals surface area (Å²) in [6, 6.07) is 15.3. The van der Waals surface area contributed by atoms with Crippen molar-refractivity contribution in [1.82, 2.24) is 19.8 Å². The third-order valence-electron chi connectivity index (χ3n) is 5.88. The van der Waals surface area contributed by atoms with Crippen LogP contribution in [0, 0.1) is 12.8 Å². The number of imidazole rings is 1. The van der Waals surface area contributed by atoms with Crippen LogP contribution in [-0.2, 0) is 17.9 Å². The van der Waals surface area contributed by atoms with Gasteiger partial charge in [0.05, 0.1) is 17.6 Å². The number of amides is 2. The van der Waals surface area contributed by atoms with Gasteiger partial charge in [-0.05, 0) is 49.9 Å². The molecule has 6 heteroatoms. The number of likely N-dealkylation sites (tertiary alicyclic amines) is 1. The number of benzene rings is 2. The summed E-state index contributed by atoms with van der Waals surface area (Å²) in [6.45, 7) is 6.36. The van der Waals surface area contributed by atoms with Crippen LogP contribution in [0.5, 0.6) is 0 Å². The lowest BCUT2D eigenvalue weighted by molar-refractivity contribution is -0.133. The van der Waals surface area contributed by atoms with E-state index in [-0.39, 0.29) is 24.9 Å². The molecule has 0 bridgehead atoms. The molecule has 3 aromatic rings. The highest BCUT2D eigenvalue weighted by atomic mass is 16.2. The molecular weight excluding hydrogens is 376 g/mol. The quantitative estimate of drug-likeness (QED) is 0.707. The van der Waals surface area contributed by atoms with E-state index in [9.17, 15) is 9.59 Å². The van der Waals surface area contributed by atoms with Crippen LogP contribution in [0.2, 0.25) is 0 Å². The predicted molar refractivity (Wildman–Crippen MR) is 117 cm³/mol. The Morgan fingerprint density at radius 3 is 2.50 bits per heavy atom. The molecule has 1 aliphatic rings. The van der Waals surface area contributed by atoms with Gasteiger partial charge in [0.25, 0.3) is 5.91 Å². The number of nitrogens with zero attached hydrogens (tertiary/aromatic N) is 3. The van der Waals surface area contributed by atoms with Gasteiger partial charge in [0.15, 0.2) is 0 Å². The lowest BCUT2D eigenvalue weighted by Crippen LogP contribution is -2.40. The Bertz CT molecular complexity index is 1050. The molecule has 4 rings (SSSR count). The highest BCUT2D eigenvalue weighted by Crippen LogP contribution is 2.19. The highest BCUT2D eigenvalue weighted by Gasteiger charge is 2.22. The monoisotopic (exact) mass is 404 g/mol. The Kier molecular flexibility index (Phi) is 5.84. The van der Waals surface area contributed by atoms with Gasteiger partial charge in [-0.3, -0.25) is 9.59 Å². The molecule has 0 radical (unpaired) electrons. The van der Waals surface area contributed by atoms with Crippen LogP contribution < -0.4 is 5.32 Å². The molecule has 156 valence electrons.